The Morgan fingerprint density at radius 3 is 2.20 bits per heavy atom. The zero-order valence-electron chi connectivity index (χ0n) is 12.8. The molecule has 0 radical (unpaired) electrons. The number of rotatable bonds is 4. The van der Waals surface area contributed by atoms with Gasteiger partial charge < -0.3 is 10.6 Å². The van der Waals surface area contributed by atoms with E-state index in [0.29, 0.717) is 12.1 Å². The average molecular weight is 274 g/mol. The fourth-order valence-corrected chi connectivity index (χ4v) is 3.16. The van der Waals surface area contributed by atoms with Crippen LogP contribution in [0.1, 0.15) is 54.1 Å². The van der Waals surface area contributed by atoms with Gasteiger partial charge in [-0.05, 0) is 57.2 Å². The average Bonchev–Trinajstić information content (AvgIpc) is 2.41. The van der Waals surface area contributed by atoms with Gasteiger partial charge in [-0.3, -0.25) is 4.79 Å². The fraction of sp³-hybridized carbons (Fsp3) is 0.588. The molecule has 0 bridgehead atoms. The molecule has 1 aromatic carbocycles. The zero-order valence-corrected chi connectivity index (χ0v) is 12.8. The normalized spacial score (nSPS) is 22.6. The second kappa shape index (κ2) is 6.89. The molecule has 0 spiro atoms. The van der Waals surface area contributed by atoms with Gasteiger partial charge >= 0.3 is 0 Å². The second-order valence-electron chi connectivity index (χ2n) is 5.85. The van der Waals surface area contributed by atoms with E-state index >= 15 is 0 Å². The fourth-order valence-electron chi connectivity index (χ4n) is 3.16. The van der Waals surface area contributed by atoms with E-state index in [9.17, 15) is 4.79 Å². The highest BCUT2D eigenvalue weighted by Gasteiger charge is 2.23. The van der Waals surface area contributed by atoms with Crippen molar-refractivity contribution in [1.82, 2.24) is 10.6 Å². The van der Waals surface area contributed by atoms with Crippen molar-refractivity contribution in [3.05, 3.63) is 34.9 Å². The van der Waals surface area contributed by atoms with Crippen LogP contribution in [0.5, 0.6) is 0 Å². The van der Waals surface area contributed by atoms with Gasteiger partial charge in [0.1, 0.15) is 0 Å². The van der Waals surface area contributed by atoms with Crippen LogP contribution in [-0.2, 0) is 0 Å². The van der Waals surface area contributed by atoms with Crippen LogP contribution >= 0.6 is 0 Å². The summed E-state index contributed by atoms with van der Waals surface area (Å²) in [7, 11) is 0. The molecule has 1 aromatic rings. The lowest BCUT2D eigenvalue weighted by Crippen LogP contribution is -2.42. The van der Waals surface area contributed by atoms with E-state index in [2.05, 4.69) is 17.6 Å². The predicted octanol–water partition coefficient (Wildman–Crippen LogP) is 2.95. The molecule has 1 saturated carbocycles. The molecule has 1 fully saturated rings. The van der Waals surface area contributed by atoms with Gasteiger partial charge in [0.05, 0.1) is 0 Å². The first kappa shape index (κ1) is 15.0. The Morgan fingerprint density at radius 1 is 1.10 bits per heavy atom. The van der Waals surface area contributed by atoms with E-state index in [-0.39, 0.29) is 5.91 Å². The molecule has 20 heavy (non-hydrogen) atoms. The maximum Gasteiger partial charge on any atom is 0.252 e. The van der Waals surface area contributed by atoms with Crippen LogP contribution in [0.4, 0.5) is 0 Å². The van der Waals surface area contributed by atoms with Gasteiger partial charge in [-0.25, -0.2) is 0 Å². The number of aryl methyl sites for hydroxylation is 2. The molecule has 0 aromatic heterocycles. The highest BCUT2D eigenvalue weighted by atomic mass is 16.1. The SMILES string of the molecule is CCNC1CCC(NC(=O)c2c(C)cccc2C)CC1. The Labute approximate surface area is 122 Å². The number of hydrogen-bond donors (Lipinski definition) is 2. The van der Waals surface area contributed by atoms with Gasteiger partial charge in [-0.1, -0.05) is 25.1 Å². The van der Waals surface area contributed by atoms with Crippen molar-refractivity contribution in [2.45, 2.75) is 58.5 Å². The van der Waals surface area contributed by atoms with E-state index in [1.807, 2.05) is 32.0 Å². The third-order valence-electron chi connectivity index (χ3n) is 4.26. The molecule has 0 heterocycles. The third kappa shape index (κ3) is 3.60. The van der Waals surface area contributed by atoms with Crippen LogP contribution in [0, 0.1) is 13.8 Å². The first-order valence-electron chi connectivity index (χ1n) is 7.72. The molecule has 3 nitrogen and oxygen atoms in total. The molecule has 1 aliphatic rings. The van der Waals surface area contributed by atoms with Crippen molar-refractivity contribution >= 4 is 5.91 Å². The molecule has 2 rings (SSSR count). The van der Waals surface area contributed by atoms with Crippen molar-refractivity contribution in [3.63, 3.8) is 0 Å². The molecule has 0 unspecified atom stereocenters. The summed E-state index contributed by atoms with van der Waals surface area (Å²) in [6.07, 6.45) is 4.47. The predicted molar refractivity (Wildman–Crippen MR) is 83.1 cm³/mol. The summed E-state index contributed by atoms with van der Waals surface area (Å²) in [4.78, 5) is 12.4. The van der Waals surface area contributed by atoms with Crippen molar-refractivity contribution in [2.24, 2.45) is 0 Å². The third-order valence-corrected chi connectivity index (χ3v) is 4.26. The highest BCUT2D eigenvalue weighted by molar-refractivity contribution is 5.97. The Bertz CT molecular complexity index is 442. The van der Waals surface area contributed by atoms with Gasteiger partial charge in [-0.15, -0.1) is 0 Å². The summed E-state index contributed by atoms with van der Waals surface area (Å²) in [5.41, 5.74) is 2.97. The van der Waals surface area contributed by atoms with Gasteiger partial charge in [0.25, 0.3) is 5.91 Å². The Hall–Kier alpha value is -1.35. The quantitative estimate of drug-likeness (QED) is 0.886. The summed E-state index contributed by atoms with van der Waals surface area (Å²) >= 11 is 0. The second-order valence-corrected chi connectivity index (χ2v) is 5.85. The molecule has 0 saturated heterocycles. The molecule has 110 valence electrons. The van der Waals surface area contributed by atoms with Crippen LogP contribution in [0.15, 0.2) is 18.2 Å². The van der Waals surface area contributed by atoms with Gasteiger partial charge in [0.15, 0.2) is 0 Å². The van der Waals surface area contributed by atoms with Gasteiger partial charge in [0.2, 0.25) is 0 Å². The minimum atomic E-state index is 0.0903. The number of carbonyl (C=O) groups is 1. The Kier molecular flexibility index (Phi) is 5.18. The summed E-state index contributed by atoms with van der Waals surface area (Å²) in [6.45, 7) is 7.19. The molecule has 3 heteroatoms. The number of amides is 1. The zero-order chi connectivity index (χ0) is 14.5. The first-order chi connectivity index (χ1) is 9.61. The largest absolute Gasteiger partial charge is 0.349 e. The lowest BCUT2D eigenvalue weighted by molar-refractivity contribution is 0.0923. The number of hydrogen-bond acceptors (Lipinski definition) is 2. The van der Waals surface area contributed by atoms with E-state index in [1.54, 1.807) is 0 Å². The van der Waals surface area contributed by atoms with E-state index in [4.69, 9.17) is 0 Å². The monoisotopic (exact) mass is 274 g/mol. The van der Waals surface area contributed by atoms with E-state index in [1.165, 1.54) is 0 Å². The van der Waals surface area contributed by atoms with Crippen LogP contribution in [-0.4, -0.2) is 24.5 Å². The molecule has 2 N–H and O–H groups in total. The van der Waals surface area contributed by atoms with Crippen LogP contribution in [0.25, 0.3) is 0 Å². The summed E-state index contributed by atoms with van der Waals surface area (Å²) in [5, 5.41) is 6.71. The molecule has 0 atom stereocenters. The highest BCUT2D eigenvalue weighted by Crippen LogP contribution is 2.20. The summed E-state index contributed by atoms with van der Waals surface area (Å²) in [5.74, 6) is 0.0903. The molecule has 1 amide bonds. The standard InChI is InChI=1S/C17H26N2O/c1-4-18-14-8-10-15(11-9-14)19-17(20)16-12(2)6-5-7-13(16)3/h5-7,14-15,18H,4,8-11H2,1-3H3,(H,19,20). The molecule has 1 aliphatic carbocycles. The van der Waals surface area contributed by atoms with Crippen molar-refractivity contribution in [1.29, 1.82) is 0 Å². The maximum absolute atomic E-state index is 12.4. The number of nitrogens with one attached hydrogen (secondary N) is 2. The minimum absolute atomic E-state index is 0.0903. The topological polar surface area (TPSA) is 41.1 Å². The Balaban J connectivity index is 1.93. The lowest BCUT2D eigenvalue weighted by atomic mass is 9.90. The molecular weight excluding hydrogens is 248 g/mol. The van der Waals surface area contributed by atoms with Gasteiger partial charge in [-0.2, -0.15) is 0 Å². The molecular formula is C17H26N2O. The van der Waals surface area contributed by atoms with E-state index in [0.717, 1.165) is 48.9 Å². The van der Waals surface area contributed by atoms with Crippen molar-refractivity contribution < 1.29 is 4.79 Å². The minimum Gasteiger partial charge on any atom is -0.349 e. The van der Waals surface area contributed by atoms with Crippen LogP contribution < -0.4 is 10.6 Å². The first-order valence-corrected chi connectivity index (χ1v) is 7.72. The van der Waals surface area contributed by atoms with Crippen molar-refractivity contribution in [2.75, 3.05) is 6.54 Å². The number of carbonyl (C=O) groups excluding carboxylic acids is 1. The summed E-state index contributed by atoms with van der Waals surface area (Å²) in [6, 6.07) is 6.97. The smallest absolute Gasteiger partial charge is 0.252 e. The van der Waals surface area contributed by atoms with Crippen molar-refractivity contribution in [3.8, 4) is 0 Å². The lowest BCUT2D eigenvalue weighted by Gasteiger charge is -2.29. The maximum atomic E-state index is 12.4. The molecule has 0 aliphatic heterocycles. The van der Waals surface area contributed by atoms with Gasteiger partial charge in [0, 0.05) is 17.6 Å². The van der Waals surface area contributed by atoms with Crippen LogP contribution in [0.2, 0.25) is 0 Å². The summed E-state index contributed by atoms with van der Waals surface area (Å²) < 4.78 is 0. The van der Waals surface area contributed by atoms with E-state index < -0.39 is 0 Å². The Morgan fingerprint density at radius 2 is 1.65 bits per heavy atom. The number of benzene rings is 1. The van der Waals surface area contributed by atoms with Crippen LogP contribution in [0.3, 0.4) is 0 Å².